The molecule has 7 heteroatoms. The first-order valence-corrected chi connectivity index (χ1v) is 6.95. The summed E-state index contributed by atoms with van der Waals surface area (Å²) in [6.45, 7) is 4.09. The third kappa shape index (κ3) is 2.75. The number of hydrogen-bond acceptors (Lipinski definition) is 3. The van der Waals surface area contributed by atoms with Gasteiger partial charge >= 0.3 is 0 Å². The van der Waals surface area contributed by atoms with E-state index in [-0.39, 0.29) is 0 Å². The van der Waals surface area contributed by atoms with E-state index in [2.05, 4.69) is 10.2 Å². The first-order chi connectivity index (χ1) is 10.1. The van der Waals surface area contributed by atoms with Crippen LogP contribution in [0.3, 0.4) is 0 Å². The van der Waals surface area contributed by atoms with Gasteiger partial charge in [-0.05, 0) is 0 Å². The molecule has 2 fully saturated rings. The molecule has 0 aliphatic carbocycles. The van der Waals surface area contributed by atoms with E-state index in [1.54, 1.807) is 0 Å². The van der Waals surface area contributed by atoms with E-state index in [1.165, 1.54) is 4.90 Å². The Labute approximate surface area is 120 Å². The Bertz CT molecular complexity index is 531. The summed E-state index contributed by atoms with van der Waals surface area (Å²) in [4.78, 5) is 15.9. The number of carbonyl (C=O) groups is 1. The van der Waals surface area contributed by atoms with Crippen LogP contribution in [0.5, 0.6) is 0 Å². The van der Waals surface area contributed by atoms with E-state index in [1.807, 2.05) is 0 Å². The largest absolute Gasteiger partial charge is 0.336 e. The van der Waals surface area contributed by atoms with Crippen LogP contribution in [-0.2, 0) is 0 Å². The maximum atomic E-state index is 13.6. The van der Waals surface area contributed by atoms with Gasteiger partial charge in [0.15, 0.2) is 0 Å². The van der Waals surface area contributed by atoms with Crippen molar-refractivity contribution < 1.29 is 18.0 Å². The molecule has 2 aliphatic rings. The highest BCUT2D eigenvalue weighted by molar-refractivity contribution is 5.94. The second kappa shape index (κ2) is 5.65. The molecule has 0 saturated carbocycles. The zero-order chi connectivity index (χ0) is 15.0. The zero-order valence-electron chi connectivity index (χ0n) is 11.4. The molecule has 1 aromatic rings. The van der Waals surface area contributed by atoms with Crippen LogP contribution >= 0.6 is 0 Å². The average molecular weight is 299 g/mol. The van der Waals surface area contributed by atoms with Crippen LogP contribution in [0, 0.1) is 17.5 Å². The molecular weight excluding hydrogens is 283 g/mol. The molecule has 114 valence electrons. The van der Waals surface area contributed by atoms with E-state index >= 15 is 0 Å². The fourth-order valence-corrected chi connectivity index (χ4v) is 2.73. The Balaban J connectivity index is 1.69. The molecule has 0 unspecified atom stereocenters. The van der Waals surface area contributed by atoms with Gasteiger partial charge in [-0.3, -0.25) is 9.69 Å². The number of piperazine rings is 1. The van der Waals surface area contributed by atoms with Crippen LogP contribution in [0.25, 0.3) is 0 Å². The van der Waals surface area contributed by atoms with E-state index in [0.29, 0.717) is 44.4 Å². The van der Waals surface area contributed by atoms with Crippen molar-refractivity contribution in [2.24, 2.45) is 0 Å². The Morgan fingerprint density at radius 3 is 2.10 bits per heavy atom. The van der Waals surface area contributed by atoms with Crippen molar-refractivity contribution in [3.05, 3.63) is 35.1 Å². The normalized spacial score (nSPS) is 20.4. The molecule has 0 spiro atoms. The minimum absolute atomic E-state index is 0.422. The van der Waals surface area contributed by atoms with Crippen molar-refractivity contribution in [3.8, 4) is 0 Å². The molecule has 2 saturated heterocycles. The van der Waals surface area contributed by atoms with Crippen LogP contribution in [0.15, 0.2) is 12.1 Å². The van der Waals surface area contributed by atoms with Crippen molar-refractivity contribution in [2.75, 3.05) is 39.3 Å². The fraction of sp³-hybridized carbons (Fsp3) is 0.500. The third-order valence-electron chi connectivity index (χ3n) is 4.10. The highest BCUT2D eigenvalue weighted by atomic mass is 19.1. The molecule has 4 nitrogen and oxygen atoms in total. The number of hydrogen-bond donors (Lipinski definition) is 1. The molecule has 0 radical (unpaired) electrons. The van der Waals surface area contributed by atoms with Gasteiger partial charge < -0.3 is 10.2 Å². The molecule has 21 heavy (non-hydrogen) atoms. The van der Waals surface area contributed by atoms with Gasteiger partial charge in [-0.1, -0.05) is 0 Å². The second-order valence-electron chi connectivity index (χ2n) is 5.38. The number of rotatable bonds is 2. The highest BCUT2D eigenvalue weighted by Gasteiger charge is 2.31. The maximum absolute atomic E-state index is 13.6. The van der Waals surface area contributed by atoms with E-state index < -0.39 is 28.9 Å². The van der Waals surface area contributed by atoms with Crippen LogP contribution in [0.4, 0.5) is 13.2 Å². The predicted molar refractivity (Wildman–Crippen MR) is 70.5 cm³/mol. The summed E-state index contributed by atoms with van der Waals surface area (Å²) >= 11 is 0. The average Bonchev–Trinajstić information content (AvgIpc) is 2.36. The van der Waals surface area contributed by atoms with Gasteiger partial charge in [0, 0.05) is 57.4 Å². The van der Waals surface area contributed by atoms with Crippen LogP contribution in [0.1, 0.15) is 10.4 Å². The molecular formula is C14H16F3N3O. The Morgan fingerprint density at radius 2 is 1.62 bits per heavy atom. The number of nitrogens with one attached hydrogen (secondary N) is 1. The lowest BCUT2D eigenvalue weighted by Crippen LogP contribution is -2.62. The number of halogens is 3. The predicted octanol–water partition coefficient (Wildman–Crippen LogP) is 0.834. The number of amides is 1. The topological polar surface area (TPSA) is 35.6 Å². The van der Waals surface area contributed by atoms with Gasteiger partial charge in [0.25, 0.3) is 5.91 Å². The molecule has 1 aromatic carbocycles. The Morgan fingerprint density at radius 1 is 1.05 bits per heavy atom. The number of nitrogens with zero attached hydrogens (tertiary/aromatic N) is 2. The van der Waals surface area contributed by atoms with Crippen LogP contribution in [-0.4, -0.2) is 61.0 Å². The van der Waals surface area contributed by atoms with E-state index in [9.17, 15) is 18.0 Å². The summed E-state index contributed by atoms with van der Waals surface area (Å²) < 4.78 is 40.2. The smallest absolute Gasteiger partial charge is 0.259 e. The quantitative estimate of drug-likeness (QED) is 0.879. The van der Waals surface area contributed by atoms with Crippen LogP contribution < -0.4 is 5.32 Å². The number of carbonyl (C=O) groups excluding carboxylic acids is 1. The van der Waals surface area contributed by atoms with Crippen molar-refractivity contribution in [2.45, 2.75) is 6.04 Å². The van der Waals surface area contributed by atoms with E-state index in [4.69, 9.17) is 0 Å². The first-order valence-electron chi connectivity index (χ1n) is 6.95. The molecule has 0 aromatic heterocycles. The molecule has 0 atom stereocenters. The van der Waals surface area contributed by atoms with E-state index in [0.717, 1.165) is 13.1 Å². The van der Waals surface area contributed by atoms with Crippen molar-refractivity contribution >= 4 is 5.91 Å². The van der Waals surface area contributed by atoms with Gasteiger partial charge in [0.1, 0.15) is 23.0 Å². The Kier molecular flexibility index (Phi) is 3.86. The summed E-state index contributed by atoms with van der Waals surface area (Å²) in [6.07, 6.45) is 0. The lowest BCUT2D eigenvalue weighted by molar-refractivity contribution is 0.0494. The lowest BCUT2D eigenvalue weighted by Gasteiger charge is -2.43. The minimum atomic E-state index is -1.15. The third-order valence-corrected chi connectivity index (χ3v) is 4.10. The molecule has 2 aliphatic heterocycles. The summed E-state index contributed by atoms with van der Waals surface area (Å²) in [6, 6.07) is 1.56. The minimum Gasteiger partial charge on any atom is -0.336 e. The first kappa shape index (κ1) is 14.3. The summed E-state index contributed by atoms with van der Waals surface area (Å²) in [5.41, 5.74) is -0.671. The molecule has 1 amide bonds. The zero-order valence-corrected chi connectivity index (χ0v) is 11.4. The molecule has 3 rings (SSSR count). The van der Waals surface area contributed by atoms with Crippen LogP contribution in [0.2, 0.25) is 0 Å². The van der Waals surface area contributed by atoms with Gasteiger partial charge in [-0.2, -0.15) is 0 Å². The van der Waals surface area contributed by atoms with Gasteiger partial charge in [-0.15, -0.1) is 0 Å². The standard InChI is InChI=1S/C14H16F3N3O/c15-9-5-11(16)13(12(17)6-9)14(21)20-3-1-19(2-4-20)10-7-18-8-10/h5-6,10,18H,1-4,7-8H2. The Hall–Kier alpha value is -1.60. The second-order valence-corrected chi connectivity index (χ2v) is 5.38. The summed E-state index contributed by atoms with van der Waals surface area (Å²) in [5.74, 6) is -4.04. The maximum Gasteiger partial charge on any atom is 0.259 e. The number of benzene rings is 1. The van der Waals surface area contributed by atoms with Crippen molar-refractivity contribution in [3.63, 3.8) is 0 Å². The molecule has 1 N–H and O–H groups in total. The SMILES string of the molecule is O=C(c1c(F)cc(F)cc1F)N1CCN(C2CNC2)CC1. The summed E-state index contributed by atoms with van der Waals surface area (Å²) in [7, 11) is 0. The molecule has 0 bridgehead atoms. The lowest BCUT2D eigenvalue weighted by atomic mass is 10.1. The van der Waals surface area contributed by atoms with Gasteiger partial charge in [0.2, 0.25) is 0 Å². The summed E-state index contributed by atoms with van der Waals surface area (Å²) in [5, 5.41) is 3.18. The van der Waals surface area contributed by atoms with Crippen molar-refractivity contribution in [1.82, 2.24) is 15.1 Å². The van der Waals surface area contributed by atoms with Gasteiger partial charge in [0.05, 0.1) is 0 Å². The van der Waals surface area contributed by atoms with Gasteiger partial charge in [-0.25, -0.2) is 13.2 Å². The monoisotopic (exact) mass is 299 g/mol. The highest BCUT2D eigenvalue weighted by Crippen LogP contribution is 2.18. The molecule has 2 heterocycles. The fourth-order valence-electron chi connectivity index (χ4n) is 2.73. The van der Waals surface area contributed by atoms with Crippen molar-refractivity contribution in [1.29, 1.82) is 0 Å².